The topological polar surface area (TPSA) is 67.6 Å². The maximum Gasteiger partial charge on any atom is 0.412 e. The third-order valence-corrected chi connectivity index (χ3v) is 3.14. The van der Waals surface area contributed by atoms with E-state index in [1.54, 1.807) is 0 Å². The number of hydrogen-bond donors (Lipinski definition) is 2. The summed E-state index contributed by atoms with van der Waals surface area (Å²) in [5.41, 5.74) is 7.62. The number of ether oxygens (including phenoxy) is 1. The first-order valence-corrected chi connectivity index (χ1v) is 7.00. The molecule has 1 aliphatic heterocycles. The van der Waals surface area contributed by atoms with Crippen molar-refractivity contribution in [2.75, 3.05) is 29.0 Å². The minimum absolute atomic E-state index is 0.484. The summed E-state index contributed by atoms with van der Waals surface area (Å²) in [6.07, 6.45) is 1.93. The number of nitrogens with one attached hydrogen (secondary N) is 1. The van der Waals surface area contributed by atoms with Crippen LogP contribution in [0.1, 0.15) is 33.6 Å². The maximum atomic E-state index is 11.8. The van der Waals surface area contributed by atoms with Gasteiger partial charge in [-0.3, -0.25) is 5.32 Å². The van der Waals surface area contributed by atoms with Gasteiger partial charge >= 0.3 is 6.09 Å². The summed E-state index contributed by atoms with van der Waals surface area (Å²) in [6, 6.07) is 5.71. The summed E-state index contributed by atoms with van der Waals surface area (Å²) in [5.74, 6) is 0. The van der Waals surface area contributed by atoms with Crippen molar-refractivity contribution >= 4 is 23.2 Å². The average Bonchev–Trinajstić information content (AvgIpc) is 2.83. The van der Waals surface area contributed by atoms with E-state index in [-0.39, 0.29) is 0 Å². The summed E-state index contributed by atoms with van der Waals surface area (Å²) in [5, 5.41) is 2.72. The molecule has 0 aromatic heterocycles. The first-order valence-electron chi connectivity index (χ1n) is 7.00. The molecular formula is C15H23N3O2. The number of carbonyl (C=O) groups excluding carboxylic acids is 1. The van der Waals surface area contributed by atoms with Crippen LogP contribution < -0.4 is 16.0 Å². The molecule has 0 aliphatic carbocycles. The maximum absolute atomic E-state index is 11.8. The van der Waals surface area contributed by atoms with Crippen molar-refractivity contribution in [3.05, 3.63) is 18.2 Å². The number of carbonyl (C=O) groups is 1. The normalized spacial score (nSPS) is 15.2. The zero-order valence-electron chi connectivity index (χ0n) is 12.4. The lowest BCUT2D eigenvalue weighted by Crippen LogP contribution is -2.27. The number of nitrogens with two attached hydrogens (primary N) is 1. The molecule has 0 unspecified atom stereocenters. The number of nitrogens with zero attached hydrogens (tertiary/aromatic N) is 1. The van der Waals surface area contributed by atoms with Crippen LogP contribution in [0.15, 0.2) is 18.2 Å². The second-order valence-corrected chi connectivity index (χ2v) is 6.09. The Labute approximate surface area is 120 Å². The molecule has 1 saturated heterocycles. The first-order chi connectivity index (χ1) is 9.35. The minimum atomic E-state index is -0.522. The third kappa shape index (κ3) is 3.79. The molecule has 0 bridgehead atoms. The van der Waals surface area contributed by atoms with Gasteiger partial charge < -0.3 is 15.4 Å². The smallest absolute Gasteiger partial charge is 0.412 e. The van der Waals surface area contributed by atoms with Gasteiger partial charge in [0.25, 0.3) is 0 Å². The minimum Gasteiger partial charge on any atom is -0.444 e. The van der Waals surface area contributed by atoms with Crippen LogP contribution in [0.25, 0.3) is 0 Å². The predicted molar refractivity (Wildman–Crippen MR) is 82.2 cm³/mol. The fraction of sp³-hybridized carbons (Fsp3) is 0.533. The van der Waals surface area contributed by atoms with Crippen molar-refractivity contribution in [3.8, 4) is 0 Å². The SMILES string of the molecule is CC(C)(C)OC(=O)Nc1cc(N2CCCC2)ccc1N. The number of amides is 1. The van der Waals surface area contributed by atoms with Crippen molar-refractivity contribution < 1.29 is 9.53 Å². The van der Waals surface area contributed by atoms with Gasteiger partial charge in [0.1, 0.15) is 5.60 Å². The van der Waals surface area contributed by atoms with E-state index in [2.05, 4.69) is 10.2 Å². The highest BCUT2D eigenvalue weighted by molar-refractivity contribution is 5.90. The number of benzene rings is 1. The zero-order valence-corrected chi connectivity index (χ0v) is 12.4. The quantitative estimate of drug-likeness (QED) is 0.814. The summed E-state index contributed by atoms with van der Waals surface area (Å²) >= 11 is 0. The van der Waals surface area contributed by atoms with E-state index in [4.69, 9.17) is 10.5 Å². The molecule has 1 aromatic carbocycles. The fourth-order valence-electron chi connectivity index (χ4n) is 2.24. The highest BCUT2D eigenvalue weighted by atomic mass is 16.6. The standard InChI is InChI=1S/C15H23N3O2/c1-15(2,3)20-14(19)17-13-10-11(6-7-12(13)16)18-8-4-5-9-18/h6-7,10H,4-5,8-9,16H2,1-3H3,(H,17,19). The Kier molecular flexibility index (Phi) is 4.06. The van der Waals surface area contributed by atoms with Gasteiger partial charge in [-0.1, -0.05) is 0 Å². The average molecular weight is 277 g/mol. The van der Waals surface area contributed by atoms with E-state index in [9.17, 15) is 4.79 Å². The molecule has 110 valence electrons. The Morgan fingerprint density at radius 1 is 1.30 bits per heavy atom. The van der Waals surface area contributed by atoms with E-state index < -0.39 is 11.7 Å². The summed E-state index contributed by atoms with van der Waals surface area (Å²) in [4.78, 5) is 14.1. The van der Waals surface area contributed by atoms with Gasteiger partial charge in [-0.2, -0.15) is 0 Å². The Bertz CT molecular complexity index is 488. The molecule has 0 spiro atoms. The van der Waals surface area contributed by atoms with Crippen LogP contribution in [-0.4, -0.2) is 24.8 Å². The molecule has 3 N–H and O–H groups in total. The highest BCUT2D eigenvalue weighted by Crippen LogP contribution is 2.28. The van der Waals surface area contributed by atoms with Gasteiger partial charge in [0, 0.05) is 18.8 Å². The molecule has 20 heavy (non-hydrogen) atoms. The van der Waals surface area contributed by atoms with Crippen molar-refractivity contribution in [1.29, 1.82) is 0 Å². The van der Waals surface area contributed by atoms with Gasteiger partial charge in [-0.05, 0) is 51.8 Å². The van der Waals surface area contributed by atoms with Gasteiger partial charge in [0.2, 0.25) is 0 Å². The van der Waals surface area contributed by atoms with Crippen molar-refractivity contribution in [2.45, 2.75) is 39.2 Å². The van der Waals surface area contributed by atoms with Crippen LogP contribution >= 0.6 is 0 Å². The molecule has 0 atom stereocenters. The lowest BCUT2D eigenvalue weighted by molar-refractivity contribution is 0.0636. The van der Waals surface area contributed by atoms with E-state index >= 15 is 0 Å². The van der Waals surface area contributed by atoms with Crippen LogP contribution in [-0.2, 0) is 4.74 Å². The lowest BCUT2D eigenvalue weighted by atomic mass is 10.2. The summed E-state index contributed by atoms with van der Waals surface area (Å²) < 4.78 is 5.24. The first kappa shape index (κ1) is 14.5. The highest BCUT2D eigenvalue weighted by Gasteiger charge is 2.18. The van der Waals surface area contributed by atoms with Gasteiger partial charge in [0.05, 0.1) is 11.4 Å². The van der Waals surface area contributed by atoms with Crippen LogP contribution in [0.3, 0.4) is 0 Å². The Hall–Kier alpha value is -1.91. The monoisotopic (exact) mass is 277 g/mol. The second kappa shape index (κ2) is 5.61. The van der Waals surface area contributed by atoms with Crippen LogP contribution in [0.2, 0.25) is 0 Å². The van der Waals surface area contributed by atoms with E-state index in [0.717, 1.165) is 18.8 Å². The molecule has 1 heterocycles. The summed E-state index contributed by atoms with van der Waals surface area (Å²) in [6.45, 7) is 7.59. The third-order valence-electron chi connectivity index (χ3n) is 3.14. The number of rotatable bonds is 2. The number of anilines is 3. The Balaban J connectivity index is 2.10. The molecule has 5 nitrogen and oxygen atoms in total. The molecule has 2 rings (SSSR count). The molecule has 1 aliphatic rings. The van der Waals surface area contributed by atoms with Crippen molar-refractivity contribution in [3.63, 3.8) is 0 Å². The predicted octanol–water partition coefficient (Wildman–Crippen LogP) is 3.22. The molecule has 1 fully saturated rings. The van der Waals surface area contributed by atoms with Gasteiger partial charge in [-0.25, -0.2) is 4.79 Å². The van der Waals surface area contributed by atoms with Crippen LogP contribution in [0, 0.1) is 0 Å². The zero-order chi connectivity index (χ0) is 14.8. The number of hydrogen-bond acceptors (Lipinski definition) is 4. The molecule has 5 heteroatoms. The Morgan fingerprint density at radius 3 is 2.55 bits per heavy atom. The van der Waals surface area contributed by atoms with Crippen molar-refractivity contribution in [2.24, 2.45) is 0 Å². The van der Waals surface area contributed by atoms with E-state index in [1.165, 1.54) is 12.8 Å². The van der Waals surface area contributed by atoms with Crippen LogP contribution in [0.4, 0.5) is 21.9 Å². The molecular weight excluding hydrogens is 254 g/mol. The van der Waals surface area contributed by atoms with E-state index in [0.29, 0.717) is 11.4 Å². The van der Waals surface area contributed by atoms with Crippen molar-refractivity contribution in [1.82, 2.24) is 0 Å². The fourth-order valence-corrected chi connectivity index (χ4v) is 2.24. The molecule has 1 aromatic rings. The Morgan fingerprint density at radius 2 is 1.95 bits per heavy atom. The molecule has 1 amide bonds. The largest absolute Gasteiger partial charge is 0.444 e. The van der Waals surface area contributed by atoms with Gasteiger partial charge in [-0.15, -0.1) is 0 Å². The van der Waals surface area contributed by atoms with Gasteiger partial charge in [0.15, 0.2) is 0 Å². The number of nitrogen functional groups attached to an aromatic ring is 1. The summed E-state index contributed by atoms with van der Waals surface area (Å²) in [7, 11) is 0. The second-order valence-electron chi connectivity index (χ2n) is 6.09. The molecule has 0 saturated carbocycles. The van der Waals surface area contributed by atoms with Crippen LogP contribution in [0.5, 0.6) is 0 Å². The molecule has 0 radical (unpaired) electrons. The van der Waals surface area contributed by atoms with E-state index in [1.807, 2.05) is 39.0 Å². The lowest BCUT2D eigenvalue weighted by Gasteiger charge is -2.22.